The highest BCUT2D eigenvalue weighted by Crippen LogP contribution is 2.10. The van der Waals surface area contributed by atoms with Crippen LogP contribution in [0.4, 0.5) is 0 Å². The van der Waals surface area contributed by atoms with E-state index in [9.17, 15) is 13.2 Å². The van der Waals surface area contributed by atoms with Gasteiger partial charge >= 0.3 is 0 Å². The molecule has 1 amide bonds. The lowest BCUT2D eigenvalue weighted by Gasteiger charge is -2.26. The zero-order valence-electron chi connectivity index (χ0n) is 9.87. The zero-order valence-corrected chi connectivity index (χ0v) is 10.7. The number of aromatic nitrogens is 1. The van der Waals surface area contributed by atoms with Gasteiger partial charge in [0, 0.05) is 31.4 Å². The van der Waals surface area contributed by atoms with Crippen molar-refractivity contribution in [1.29, 1.82) is 0 Å². The van der Waals surface area contributed by atoms with Crippen molar-refractivity contribution < 1.29 is 13.2 Å². The van der Waals surface area contributed by atoms with E-state index < -0.39 is 9.84 Å². The van der Waals surface area contributed by atoms with E-state index >= 15 is 0 Å². The highest BCUT2D eigenvalue weighted by atomic mass is 32.2. The van der Waals surface area contributed by atoms with Crippen LogP contribution in [0.1, 0.15) is 16.1 Å². The van der Waals surface area contributed by atoms with E-state index in [0.717, 1.165) is 0 Å². The maximum atomic E-state index is 12.1. The number of nitrogens with two attached hydrogens (primary N) is 1. The minimum atomic E-state index is -2.97. The number of hydrogen-bond donors (Lipinski definition) is 1. The fourth-order valence-corrected chi connectivity index (χ4v) is 3.02. The topological polar surface area (TPSA) is 93.4 Å². The van der Waals surface area contributed by atoms with Crippen LogP contribution in [-0.4, -0.2) is 48.8 Å². The van der Waals surface area contributed by atoms with Gasteiger partial charge in [0.25, 0.3) is 5.91 Å². The highest BCUT2D eigenvalue weighted by Gasteiger charge is 2.25. The van der Waals surface area contributed by atoms with Crippen LogP contribution in [0.5, 0.6) is 0 Å². The molecule has 18 heavy (non-hydrogen) atoms. The van der Waals surface area contributed by atoms with Crippen molar-refractivity contribution in [3.05, 3.63) is 29.6 Å². The average molecular weight is 269 g/mol. The molecule has 0 aliphatic carbocycles. The van der Waals surface area contributed by atoms with Crippen LogP contribution in [0.25, 0.3) is 0 Å². The second-order valence-corrected chi connectivity index (χ2v) is 6.49. The smallest absolute Gasteiger partial charge is 0.254 e. The Hall–Kier alpha value is -1.47. The molecule has 6 nitrogen and oxygen atoms in total. The molecule has 0 aromatic carbocycles. The molecule has 1 aromatic heterocycles. The van der Waals surface area contributed by atoms with E-state index in [-0.39, 0.29) is 37.0 Å². The summed E-state index contributed by atoms with van der Waals surface area (Å²) in [6, 6.07) is 3.26. The summed E-state index contributed by atoms with van der Waals surface area (Å²) in [5.41, 5.74) is 6.61. The van der Waals surface area contributed by atoms with E-state index in [1.165, 1.54) is 6.20 Å². The summed E-state index contributed by atoms with van der Waals surface area (Å²) in [7, 11) is -2.97. The van der Waals surface area contributed by atoms with Crippen molar-refractivity contribution >= 4 is 15.7 Å². The van der Waals surface area contributed by atoms with Crippen molar-refractivity contribution in [2.45, 2.75) is 6.54 Å². The molecular weight excluding hydrogens is 254 g/mol. The third-order valence-corrected chi connectivity index (χ3v) is 4.51. The summed E-state index contributed by atoms with van der Waals surface area (Å²) in [6.07, 6.45) is 1.54. The molecule has 2 N–H and O–H groups in total. The predicted molar refractivity (Wildman–Crippen MR) is 66.7 cm³/mol. The quantitative estimate of drug-likeness (QED) is 0.774. The Morgan fingerprint density at radius 3 is 2.67 bits per heavy atom. The standard InChI is InChI=1S/C11H15N3O3S/c12-8-10-7-9(1-2-13-10)11(15)14-3-5-18(16,17)6-4-14/h1-2,7H,3-6,8,12H2. The second kappa shape index (κ2) is 5.03. The molecule has 2 heterocycles. The van der Waals surface area contributed by atoms with E-state index in [4.69, 9.17) is 5.73 Å². The van der Waals surface area contributed by atoms with Gasteiger partial charge in [0.2, 0.25) is 0 Å². The molecule has 98 valence electrons. The Balaban J connectivity index is 2.12. The van der Waals surface area contributed by atoms with Crippen LogP contribution >= 0.6 is 0 Å². The van der Waals surface area contributed by atoms with Gasteiger partial charge in [-0.3, -0.25) is 9.78 Å². The van der Waals surface area contributed by atoms with Crippen molar-refractivity contribution in [2.24, 2.45) is 5.73 Å². The maximum Gasteiger partial charge on any atom is 0.254 e. The van der Waals surface area contributed by atoms with E-state index in [0.29, 0.717) is 11.3 Å². The normalized spacial score (nSPS) is 18.6. The van der Waals surface area contributed by atoms with Gasteiger partial charge in [-0.1, -0.05) is 0 Å². The van der Waals surface area contributed by atoms with Crippen LogP contribution in [0.2, 0.25) is 0 Å². The molecule has 1 saturated heterocycles. The number of rotatable bonds is 2. The van der Waals surface area contributed by atoms with Crippen molar-refractivity contribution in [1.82, 2.24) is 9.88 Å². The number of pyridine rings is 1. The van der Waals surface area contributed by atoms with Crippen LogP contribution in [0, 0.1) is 0 Å². The third-order valence-electron chi connectivity index (χ3n) is 2.90. The fourth-order valence-electron chi connectivity index (χ4n) is 1.82. The maximum absolute atomic E-state index is 12.1. The molecule has 0 bridgehead atoms. The third kappa shape index (κ3) is 2.85. The lowest BCUT2D eigenvalue weighted by molar-refractivity contribution is 0.0770. The molecule has 0 spiro atoms. The highest BCUT2D eigenvalue weighted by molar-refractivity contribution is 7.91. The van der Waals surface area contributed by atoms with E-state index in [2.05, 4.69) is 4.98 Å². The summed E-state index contributed by atoms with van der Waals surface area (Å²) in [5, 5.41) is 0. The molecule has 1 aliphatic heterocycles. The summed E-state index contributed by atoms with van der Waals surface area (Å²) in [5.74, 6) is -0.0942. The van der Waals surface area contributed by atoms with E-state index in [1.54, 1.807) is 17.0 Å². The van der Waals surface area contributed by atoms with Gasteiger partial charge in [-0.15, -0.1) is 0 Å². The summed E-state index contributed by atoms with van der Waals surface area (Å²) < 4.78 is 22.6. The number of amides is 1. The molecule has 7 heteroatoms. The number of carbonyl (C=O) groups excluding carboxylic acids is 1. The molecule has 1 fully saturated rings. The molecule has 1 aliphatic rings. The first-order valence-corrected chi connectivity index (χ1v) is 7.49. The Bertz CT molecular complexity index is 542. The van der Waals surface area contributed by atoms with E-state index in [1.807, 2.05) is 0 Å². The van der Waals surface area contributed by atoms with Gasteiger partial charge in [0.05, 0.1) is 17.2 Å². The molecule has 0 atom stereocenters. The van der Waals surface area contributed by atoms with Crippen LogP contribution < -0.4 is 5.73 Å². The minimum absolute atomic E-state index is 0.0353. The monoisotopic (exact) mass is 269 g/mol. The first-order valence-electron chi connectivity index (χ1n) is 5.66. The fraction of sp³-hybridized carbons (Fsp3) is 0.455. The van der Waals surface area contributed by atoms with Crippen molar-refractivity contribution in [3.8, 4) is 0 Å². The molecule has 0 saturated carbocycles. The van der Waals surface area contributed by atoms with Crippen LogP contribution in [-0.2, 0) is 16.4 Å². The van der Waals surface area contributed by atoms with Crippen LogP contribution in [0.15, 0.2) is 18.3 Å². The first-order chi connectivity index (χ1) is 8.52. The molecule has 0 unspecified atom stereocenters. The Kier molecular flexibility index (Phi) is 3.63. The van der Waals surface area contributed by atoms with Gasteiger partial charge in [0.15, 0.2) is 9.84 Å². The molecule has 1 aromatic rings. The average Bonchev–Trinajstić information content (AvgIpc) is 2.38. The van der Waals surface area contributed by atoms with Crippen LogP contribution in [0.3, 0.4) is 0 Å². The Morgan fingerprint density at radius 2 is 2.06 bits per heavy atom. The summed E-state index contributed by atoms with van der Waals surface area (Å²) >= 11 is 0. The van der Waals surface area contributed by atoms with Gasteiger partial charge in [-0.2, -0.15) is 0 Å². The number of sulfone groups is 1. The van der Waals surface area contributed by atoms with Crippen molar-refractivity contribution in [2.75, 3.05) is 24.6 Å². The first kappa shape index (κ1) is 13.0. The predicted octanol–water partition coefficient (Wildman–Crippen LogP) is -0.589. The Morgan fingerprint density at radius 1 is 1.39 bits per heavy atom. The summed E-state index contributed by atoms with van der Waals surface area (Å²) in [4.78, 5) is 17.7. The molecular formula is C11H15N3O3S. The number of nitrogens with zero attached hydrogens (tertiary/aromatic N) is 2. The van der Waals surface area contributed by atoms with Gasteiger partial charge in [0.1, 0.15) is 0 Å². The second-order valence-electron chi connectivity index (χ2n) is 4.18. The number of hydrogen-bond acceptors (Lipinski definition) is 5. The zero-order chi connectivity index (χ0) is 13.2. The summed E-state index contributed by atoms with van der Waals surface area (Å²) in [6.45, 7) is 0.776. The molecule has 2 rings (SSSR count). The number of carbonyl (C=O) groups is 1. The minimum Gasteiger partial charge on any atom is -0.337 e. The van der Waals surface area contributed by atoms with Crippen molar-refractivity contribution in [3.63, 3.8) is 0 Å². The SMILES string of the molecule is NCc1cc(C(=O)N2CCS(=O)(=O)CC2)ccn1. The van der Waals surface area contributed by atoms with Gasteiger partial charge < -0.3 is 10.6 Å². The largest absolute Gasteiger partial charge is 0.337 e. The lowest BCUT2D eigenvalue weighted by atomic mass is 10.2. The Labute approximate surface area is 106 Å². The lowest BCUT2D eigenvalue weighted by Crippen LogP contribution is -2.43. The van der Waals surface area contributed by atoms with Gasteiger partial charge in [-0.05, 0) is 12.1 Å². The molecule has 0 radical (unpaired) electrons. The van der Waals surface area contributed by atoms with Gasteiger partial charge in [-0.25, -0.2) is 8.42 Å².